The molecule has 0 saturated heterocycles. The topological polar surface area (TPSA) is 34.9 Å². The quantitative estimate of drug-likeness (QED) is 0.799. The van der Waals surface area contributed by atoms with Crippen LogP contribution >= 0.6 is 0 Å². The second-order valence-corrected chi connectivity index (χ2v) is 5.84. The second-order valence-electron chi connectivity index (χ2n) is 5.84. The molecule has 1 aromatic carbocycles. The summed E-state index contributed by atoms with van der Waals surface area (Å²) in [6.45, 7) is 12.6. The molecular weight excluding hydrogens is 260 g/mol. The van der Waals surface area contributed by atoms with Crippen LogP contribution in [0.2, 0.25) is 0 Å². The molecule has 0 aliphatic rings. The summed E-state index contributed by atoms with van der Waals surface area (Å²) >= 11 is 0. The predicted octanol–water partition coefficient (Wildman–Crippen LogP) is 3.87. The van der Waals surface area contributed by atoms with Crippen molar-refractivity contribution in [3.63, 3.8) is 0 Å². The number of nitrogens with zero attached hydrogens (tertiary/aromatic N) is 2. The Morgan fingerprint density at radius 2 is 1.67 bits per heavy atom. The van der Waals surface area contributed by atoms with Crippen LogP contribution in [0.1, 0.15) is 50.9 Å². The van der Waals surface area contributed by atoms with Gasteiger partial charge in [0.15, 0.2) is 5.78 Å². The molecule has 0 fully saturated rings. The van der Waals surface area contributed by atoms with Crippen LogP contribution in [0.25, 0.3) is 0 Å². The molecule has 0 bridgehead atoms. The molecule has 112 valence electrons. The maximum Gasteiger partial charge on any atom is 0.184 e. The summed E-state index contributed by atoms with van der Waals surface area (Å²) in [5.74, 6) is 0.129. The molecule has 0 aliphatic heterocycles. The first kappa shape index (κ1) is 15.5. The van der Waals surface area contributed by atoms with E-state index in [4.69, 9.17) is 0 Å². The van der Waals surface area contributed by atoms with Crippen LogP contribution in [0.15, 0.2) is 12.1 Å². The van der Waals surface area contributed by atoms with Gasteiger partial charge in [-0.25, -0.2) is 0 Å². The predicted molar refractivity (Wildman–Crippen MR) is 86.1 cm³/mol. The maximum absolute atomic E-state index is 12.6. The zero-order valence-electron chi connectivity index (χ0n) is 13.9. The number of aromatic nitrogens is 2. The molecule has 0 unspecified atom stereocenters. The lowest BCUT2D eigenvalue weighted by Gasteiger charge is -2.10. The number of carbonyl (C=O) groups excluding carboxylic acids is 1. The molecule has 0 saturated carbocycles. The van der Waals surface area contributed by atoms with E-state index in [2.05, 4.69) is 25.0 Å². The Morgan fingerprint density at radius 1 is 1.05 bits per heavy atom. The van der Waals surface area contributed by atoms with E-state index in [1.54, 1.807) is 0 Å². The highest BCUT2D eigenvalue weighted by molar-refractivity contribution is 5.97. The smallest absolute Gasteiger partial charge is 0.184 e. The van der Waals surface area contributed by atoms with Gasteiger partial charge < -0.3 is 0 Å². The van der Waals surface area contributed by atoms with Gasteiger partial charge in [-0.05, 0) is 69.4 Å². The van der Waals surface area contributed by atoms with Crippen molar-refractivity contribution >= 4 is 5.78 Å². The molecule has 21 heavy (non-hydrogen) atoms. The first-order chi connectivity index (χ1) is 9.85. The molecule has 1 heterocycles. The van der Waals surface area contributed by atoms with Crippen LogP contribution in [0.5, 0.6) is 0 Å². The van der Waals surface area contributed by atoms with Crippen molar-refractivity contribution in [1.82, 2.24) is 9.78 Å². The lowest BCUT2D eigenvalue weighted by atomic mass is 9.98. The fourth-order valence-electron chi connectivity index (χ4n) is 2.88. The summed E-state index contributed by atoms with van der Waals surface area (Å²) in [7, 11) is 0. The Hall–Kier alpha value is -1.90. The van der Waals surface area contributed by atoms with E-state index in [9.17, 15) is 4.79 Å². The molecule has 0 aliphatic carbocycles. The number of carbonyl (C=O) groups is 1. The van der Waals surface area contributed by atoms with Crippen LogP contribution in [0, 0.1) is 34.6 Å². The van der Waals surface area contributed by atoms with Gasteiger partial charge in [0.25, 0.3) is 0 Å². The fraction of sp³-hybridized carbons (Fsp3) is 0.444. The zero-order chi connectivity index (χ0) is 15.7. The summed E-state index contributed by atoms with van der Waals surface area (Å²) in [5, 5.41) is 4.51. The molecule has 0 N–H and O–H groups in total. The lowest BCUT2D eigenvalue weighted by molar-refractivity contribution is 0.0966. The molecular formula is C18H24N2O. The average molecular weight is 284 g/mol. The third-order valence-corrected chi connectivity index (χ3v) is 4.32. The van der Waals surface area contributed by atoms with Gasteiger partial charge in [-0.2, -0.15) is 5.10 Å². The first-order valence-corrected chi connectivity index (χ1v) is 7.49. The maximum atomic E-state index is 12.6. The Morgan fingerprint density at radius 3 is 2.24 bits per heavy atom. The molecule has 0 spiro atoms. The van der Waals surface area contributed by atoms with Gasteiger partial charge in [0.2, 0.25) is 0 Å². The number of benzene rings is 1. The molecule has 0 atom stereocenters. The Labute approximate surface area is 127 Å². The van der Waals surface area contributed by atoms with E-state index < -0.39 is 0 Å². The summed E-state index contributed by atoms with van der Waals surface area (Å²) < 4.78 is 1.84. The molecule has 0 amide bonds. The minimum Gasteiger partial charge on any atom is -0.292 e. The fourth-order valence-corrected chi connectivity index (χ4v) is 2.88. The van der Waals surface area contributed by atoms with Gasteiger partial charge in [0.05, 0.1) is 5.69 Å². The van der Waals surface area contributed by atoms with Crippen molar-refractivity contribution in [2.45, 2.75) is 54.5 Å². The SMILES string of the molecule is CCc1c(C)nn(CC(=O)c2cc(C)c(C)cc2C)c1C. The molecule has 3 heteroatoms. The summed E-state index contributed by atoms with van der Waals surface area (Å²) in [6.07, 6.45) is 0.953. The Kier molecular flexibility index (Phi) is 4.31. The number of ketones is 1. The number of hydrogen-bond acceptors (Lipinski definition) is 2. The van der Waals surface area contributed by atoms with Crippen LogP contribution in [0.4, 0.5) is 0 Å². The van der Waals surface area contributed by atoms with E-state index in [0.29, 0.717) is 6.54 Å². The van der Waals surface area contributed by atoms with Crippen molar-refractivity contribution in [3.05, 3.63) is 51.3 Å². The molecule has 0 radical (unpaired) electrons. The number of aryl methyl sites for hydroxylation is 4. The van der Waals surface area contributed by atoms with Gasteiger partial charge >= 0.3 is 0 Å². The molecule has 2 rings (SSSR count). The van der Waals surface area contributed by atoms with E-state index in [-0.39, 0.29) is 5.78 Å². The van der Waals surface area contributed by atoms with Gasteiger partial charge in [-0.3, -0.25) is 9.48 Å². The minimum atomic E-state index is 0.129. The van der Waals surface area contributed by atoms with Crippen molar-refractivity contribution in [1.29, 1.82) is 0 Å². The average Bonchev–Trinajstić information content (AvgIpc) is 2.68. The van der Waals surface area contributed by atoms with Crippen LogP contribution in [-0.4, -0.2) is 15.6 Å². The van der Waals surface area contributed by atoms with Crippen LogP contribution in [0.3, 0.4) is 0 Å². The lowest BCUT2D eigenvalue weighted by Crippen LogP contribution is -2.14. The van der Waals surface area contributed by atoms with E-state index in [0.717, 1.165) is 34.5 Å². The van der Waals surface area contributed by atoms with Gasteiger partial charge in [-0.1, -0.05) is 13.0 Å². The second kappa shape index (κ2) is 5.84. The van der Waals surface area contributed by atoms with Crippen molar-refractivity contribution in [2.75, 3.05) is 0 Å². The first-order valence-electron chi connectivity index (χ1n) is 7.49. The third-order valence-electron chi connectivity index (χ3n) is 4.32. The summed E-state index contributed by atoms with van der Waals surface area (Å²) in [4.78, 5) is 12.6. The van der Waals surface area contributed by atoms with E-state index in [1.807, 2.05) is 38.4 Å². The number of hydrogen-bond donors (Lipinski definition) is 0. The molecule has 1 aromatic heterocycles. The van der Waals surface area contributed by atoms with Crippen LogP contribution < -0.4 is 0 Å². The molecule has 2 aromatic rings. The molecule has 3 nitrogen and oxygen atoms in total. The largest absolute Gasteiger partial charge is 0.292 e. The third kappa shape index (κ3) is 2.92. The van der Waals surface area contributed by atoms with Crippen molar-refractivity contribution in [2.24, 2.45) is 0 Å². The van der Waals surface area contributed by atoms with Crippen LogP contribution in [-0.2, 0) is 13.0 Å². The Bertz CT molecular complexity index is 696. The van der Waals surface area contributed by atoms with Gasteiger partial charge in [-0.15, -0.1) is 0 Å². The van der Waals surface area contributed by atoms with Gasteiger partial charge in [0.1, 0.15) is 6.54 Å². The highest BCUT2D eigenvalue weighted by Gasteiger charge is 2.15. The summed E-state index contributed by atoms with van der Waals surface area (Å²) in [5.41, 5.74) is 7.61. The van der Waals surface area contributed by atoms with Crippen molar-refractivity contribution in [3.8, 4) is 0 Å². The minimum absolute atomic E-state index is 0.129. The zero-order valence-corrected chi connectivity index (χ0v) is 13.9. The normalized spacial score (nSPS) is 11.0. The number of Topliss-reactive ketones (excluding diaryl/α,β-unsaturated/α-hetero) is 1. The van der Waals surface area contributed by atoms with Gasteiger partial charge in [0, 0.05) is 11.3 Å². The highest BCUT2D eigenvalue weighted by atomic mass is 16.1. The van der Waals surface area contributed by atoms with Crippen molar-refractivity contribution < 1.29 is 4.79 Å². The highest BCUT2D eigenvalue weighted by Crippen LogP contribution is 2.18. The monoisotopic (exact) mass is 284 g/mol. The number of rotatable bonds is 4. The van der Waals surface area contributed by atoms with E-state index >= 15 is 0 Å². The van der Waals surface area contributed by atoms with E-state index in [1.165, 1.54) is 11.1 Å². The standard InChI is InChI=1S/C18H24N2O/c1-7-16-14(5)19-20(15(16)6)10-18(21)17-9-12(3)11(2)8-13(17)4/h8-9H,7,10H2,1-6H3. The summed E-state index contributed by atoms with van der Waals surface area (Å²) in [6, 6.07) is 4.08. The Balaban J connectivity index is 2.33.